The number of halogens is 4. The van der Waals surface area contributed by atoms with E-state index in [9.17, 15) is 13.2 Å². The molecule has 0 saturated heterocycles. The van der Waals surface area contributed by atoms with Gasteiger partial charge in [-0.15, -0.1) is 0 Å². The maximum atomic E-state index is 12.6. The van der Waals surface area contributed by atoms with Crippen LogP contribution in [0.4, 0.5) is 13.2 Å². The highest BCUT2D eigenvalue weighted by Crippen LogP contribution is 2.39. The summed E-state index contributed by atoms with van der Waals surface area (Å²) in [5.41, 5.74) is 4.09. The van der Waals surface area contributed by atoms with E-state index in [0.29, 0.717) is 0 Å². The molecular formula is C15H20BrF3. The minimum absolute atomic E-state index is 0.650. The fourth-order valence-corrected chi connectivity index (χ4v) is 3.30. The van der Waals surface area contributed by atoms with Crippen LogP contribution in [0.2, 0.25) is 0 Å². The third-order valence-electron chi connectivity index (χ3n) is 3.31. The number of hydrogen-bond donors (Lipinski definition) is 0. The first-order valence-corrected chi connectivity index (χ1v) is 7.59. The highest BCUT2D eigenvalue weighted by Gasteiger charge is 2.33. The molecule has 0 radical (unpaired) electrons. The summed E-state index contributed by atoms with van der Waals surface area (Å²) in [6.45, 7) is 6.05. The molecule has 0 heterocycles. The lowest BCUT2D eigenvalue weighted by molar-refractivity contribution is -0.134. The lowest BCUT2D eigenvalue weighted by Crippen LogP contribution is -2.13. The Labute approximate surface area is 121 Å². The Morgan fingerprint density at radius 2 is 1.47 bits per heavy atom. The maximum Gasteiger partial charge on any atom is 0.390 e. The van der Waals surface area contributed by atoms with Crippen molar-refractivity contribution in [3.8, 4) is 0 Å². The van der Waals surface area contributed by atoms with Crippen LogP contribution in [-0.4, -0.2) is 6.18 Å². The minimum atomic E-state index is -4.15. The van der Waals surface area contributed by atoms with Gasteiger partial charge in [-0.2, -0.15) is 13.2 Å². The van der Waals surface area contributed by atoms with Crippen molar-refractivity contribution in [2.24, 2.45) is 0 Å². The number of hydrogen-bond acceptors (Lipinski definition) is 0. The molecule has 0 spiro atoms. The van der Waals surface area contributed by atoms with Crippen molar-refractivity contribution in [2.75, 3.05) is 0 Å². The van der Waals surface area contributed by atoms with E-state index in [-0.39, 0.29) is 0 Å². The molecule has 0 saturated carbocycles. The number of aryl methyl sites for hydroxylation is 3. The molecule has 0 bridgehead atoms. The van der Waals surface area contributed by atoms with E-state index < -0.39 is 17.4 Å². The van der Waals surface area contributed by atoms with E-state index in [0.717, 1.165) is 36.0 Å². The molecule has 0 fully saturated rings. The van der Waals surface area contributed by atoms with Gasteiger partial charge in [-0.05, 0) is 41.5 Å². The monoisotopic (exact) mass is 336 g/mol. The predicted octanol–water partition coefficient (Wildman–Crippen LogP) is 5.76. The van der Waals surface area contributed by atoms with Gasteiger partial charge < -0.3 is 0 Å². The standard InChI is InChI=1S/C15H20BrF3/c1-4-10-7-11(5-2)14(12(6-3)8-10)13(16)9-15(17,18)19/h7-8,13H,4-6,9H2,1-3H3. The van der Waals surface area contributed by atoms with Crippen molar-refractivity contribution >= 4 is 15.9 Å². The minimum Gasteiger partial charge on any atom is -0.171 e. The van der Waals surface area contributed by atoms with Gasteiger partial charge in [0.25, 0.3) is 0 Å². The Bertz CT molecular complexity index is 399. The van der Waals surface area contributed by atoms with Gasteiger partial charge in [0.1, 0.15) is 0 Å². The molecule has 1 unspecified atom stereocenters. The van der Waals surface area contributed by atoms with Crippen molar-refractivity contribution in [3.05, 3.63) is 34.4 Å². The van der Waals surface area contributed by atoms with Gasteiger partial charge >= 0.3 is 6.18 Å². The average Bonchev–Trinajstić information content (AvgIpc) is 2.34. The predicted molar refractivity (Wildman–Crippen MR) is 76.9 cm³/mol. The van der Waals surface area contributed by atoms with Crippen LogP contribution in [-0.2, 0) is 19.3 Å². The molecule has 108 valence electrons. The summed E-state index contributed by atoms with van der Waals surface area (Å²) < 4.78 is 37.7. The fraction of sp³-hybridized carbons (Fsp3) is 0.600. The third-order valence-corrected chi connectivity index (χ3v) is 4.09. The quantitative estimate of drug-likeness (QED) is 0.599. The topological polar surface area (TPSA) is 0 Å². The van der Waals surface area contributed by atoms with E-state index >= 15 is 0 Å². The van der Waals surface area contributed by atoms with Crippen LogP contribution >= 0.6 is 15.9 Å². The van der Waals surface area contributed by atoms with Crippen molar-refractivity contribution in [3.63, 3.8) is 0 Å². The molecule has 0 aromatic heterocycles. The van der Waals surface area contributed by atoms with Crippen molar-refractivity contribution in [2.45, 2.75) is 57.5 Å². The lowest BCUT2D eigenvalue weighted by Gasteiger charge is -2.21. The van der Waals surface area contributed by atoms with Crippen LogP contribution < -0.4 is 0 Å². The molecule has 0 aliphatic heterocycles. The molecule has 0 aliphatic rings. The van der Waals surface area contributed by atoms with E-state index in [4.69, 9.17) is 0 Å². The summed E-state index contributed by atoms with van der Waals surface area (Å²) in [6, 6.07) is 4.08. The van der Waals surface area contributed by atoms with Crippen molar-refractivity contribution < 1.29 is 13.2 Å². The van der Waals surface area contributed by atoms with E-state index in [1.54, 1.807) is 0 Å². The van der Waals surface area contributed by atoms with Gasteiger partial charge in [0.2, 0.25) is 0 Å². The van der Waals surface area contributed by atoms with Crippen LogP contribution in [0.3, 0.4) is 0 Å². The molecule has 1 rings (SSSR count). The van der Waals surface area contributed by atoms with Crippen molar-refractivity contribution in [1.29, 1.82) is 0 Å². The van der Waals surface area contributed by atoms with Crippen LogP contribution in [0.25, 0.3) is 0 Å². The van der Waals surface area contributed by atoms with E-state index in [1.807, 2.05) is 26.0 Å². The second kappa shape index (κ2) is 6.78. The fourth-order valence-electron chi connectivity index (χ4n) is 2.35. The smallest absolute Gasteiger partial charge is 0.171 e. The molecule has 1 atom stereocenters. The molecule has 19 heavy (non-hydrogen) atoms. The average molecular weight is 337 g/mol. The van der Waals surface area contributed by atoms with E-state index in [1.165, 1.54) is 5.56 Å². The van der Waals surface area contributed by atoms with E-state index in [2.05, 4.69) is 22.9 Å². The van der Waals surface area contributed by atoms with Crippen molar-refractivity contribution in [1.82, 2.24) is 0 Å². The zero-order valence-corrected chi connectivity index (χ0v) is 13.2. The maximum absolute atomic E-state index is 12.6. The number of rotatable bonds is 5. The molecule has 0 aliphatic carbocycles. The molecule has 1 aromatic carbocycles. The first-order valence-electron chi connectivity index (χ1n) is 6.67. The first-order chi connectivity index (χ1) is 8.82. The summed E-state index contributed by atoms with van der Waals surface area (Å²) in [4.78, 5) is -0.650. The summed E-state index contributed by atoms with van der Waals surface area (Å²) in [7, 11) is 0. The molecule has 0 amide bonds. The Kier molecular flexibility index (Phi) is 5.90. The van der Waals surface area contributed by atoms with Gasteiger partial charge in [-0.25, -0.2) is 0 Å². The molecule has 0 nitrogen and oxygen atoms in total. The van der Waals surface area contributed by atoms with Gasteiger partial charge in [-0.3, -0.25) is 0 Å². The second-order valence-electron chi connectivity index (χ2n) is 4.68. The van der Waals surface area contributed by atoms with Crippen LogP contribution in [0.5, 0.6) is 0 Å². The number of alkyl halides is 4. The summed E-state index contributed by atoms with van der Waals surface area (Å²) in [5, 5.41) is 0. The summed E-state index contributed by atoms with van der Waals surface area (Å²) in [5.74, 6) is 0. The van der Waals surface area contributed by atoms with Gasteiger partial charge in [-0.1, -0.05) is 48.8 Å². The lowest BCUT2D eigenvalue weighted by atomic mass is 9.91. The molecule has 0 N–H and O–H groups in total. The molecule has 1 aromatic rings. The molecular weight excluding hydrogens is 317 g/mol. The molecule has 4 heteroatoms. The van der Waals surface area contributed by atoms with Crippen LogP contribution in [0, 0.1) is 0 Å². The summed E-state index contributed by atoms with van der Waals surface area (Å²) >= 11 is 3.23. The Balaban J connectivity index is 3.23. The normalized spacial score (nSPS) is 13.6. The van der Waals surface area contributed by atoms with Gasteiger partial charge in [0.15, 0.2) is 0 Å². The summed E-state index contributed by atoms with van der Waals surface area (Å²) in [6.07, 6.45) is -2.54. The highest BCUT2D eigenvalue weighted by atomic mass is 79.9. The highest BCUT2D eigenvalue weighted by molar-refractivity contribution is 9.09. The number of benzene rings is 1. The zero-order valence-electron chi connectivity index (χ0n) is 11.6. The van der Waals surface area contributed by atoms with Gasteiger partial charge in [0.05, 0.1) is 6.42 Å². The Hall–Kier alpha value is -0.510. The van der Waals surface area contributed by atoms with Gasteiger partial charge in [0, 0.05) is 4.83 Å². The first kappa shape index (κ1) is 16.5. The SMILES string of the molecule is CCc1cc(CC)c(C(Br)CC(F)(F)F)c(CC)c1. The third kappa shape index (κ3) is 4.51. The Morgan fingerprint density at radius 1 is 1.00 bits per heavy atom. The van der Waals surface area contributed by atoms with Crippen LogP contribution in [0.1, 0.15) is 54.3 Å². The second-order valence-corrected chi connectivity index (χ2v) is 5.78. The largest absolute Gasteiger partial charge is 0.390 e. The Morgan fingerprint density at radius 3 is 1.79 bits per heavy atom. The zero-order chi connectivity index (χ0) is 14.6. The van der Waals surface area contributed by atoms with Crippen LogP contribution in [0.15, 0.2) is 12.1 Å².